The second-order valence-electron chi connectivity index (χ2n) is 4.83. The van der Waals surface area contributed by atoms with Gasteiger partial charge in [0.1, 0.15) is 0 Å². The van der Waals surface area contributed by atoms with E-state index in [1.807, 2.05) is 13.8 Å². The minimum atomic E-state index is -3.27. The highest BCUT2D eigenvalue weighted by atomic mass is 32.2. The van der Waals surface area contributed by atoms with Crippen LogP contribution in [0.4, 0.5) is 0 Å². The quantitative estimate of drug-likeness (QED) is 0.700. The van der Waals surface area contributed by atoms with E-state index < -0.39 is 15.3 Å². The van der Waals surface area contributed by atoms with Crippen LogP contribution >= 0.6 is 0 Å². The van der Waals surface area contributed by atoms with Crippen LogP contribution in [0.1, 0.15) is 27.2 Å². The molecular formula is C11H26N2O3S. The van der Waals surface area contributed by atoms with Crippen molar-refractivity contribution in [2.75, 3.05) is 27.3 Å². The first-order valence-corrected chi connectivity index (χ1v) is 7.43. The molecule has 6 heteroatoms. The molecule has 0 aliphatic heterocycles. The molecule has 0 aliphatic carbocycles. The third kappa shape index (κ3) is 5.33. The van der Waals surface area contributed by atoms with Gasteiger partial charge in [-0.3, -0.25) is 0 Å². The lowest BCUT2D eigenvalue weighted by Crippen LogP contribution is -2.39. The molecule has 0 aromatic rings. The number of ether oxygens (including phenoxy) is 1. The summed E-state index contributed by atoms with van der Waals surface area (Å²) in [6.07, 6.45) is 0.674. The van der Waals surface area contributed by atoms with Gasteiger partial charge < -0.3 is 10.5 Å². The van der Waals surface area contributed by atoms with Crippen LogP contribution < -0.4 is 5.73 Å². The van der Waals surface area contributed by atoms with E-state index in [1.54, 1.807) is 14.0 Å². The van der Waals surface area contributed by atoms with E-state index >= 15 is 0 Å². The van der Waals surface area contributed by atoms with Crippen molar-refractivity contribution in [3.05, 3.63) is 0 Å². The highest BCUT2D eigenvalue weighted by Gasteiger charge is 2.26. The van der Waals surface area contributed by atoms with Crippen LogP contribution in [0.2, 0.25) is 0 Å². The number of nitrogens with zero attached hydrogens (tertiary/aromatic N) is 1. The van der Waals surface area contributed by atoms with Crippen LogP contribution in [0.3, 0.4) is 0 Å². The second kappa shape index (κ2) is 7.31. The van der Waals surface area contributed by atoms with Gasteiger partial charge in [0, 0.05) is 26.7 Å². The predicted octanol–water partition coefficient (Wildman–Crippen LogP) is 0.656. The first-order chi connectivity index (χ1) is 7.73. The van der Waals surface area contributed by atoms with Crippen LogP contribution in [0.5, 0.6) is 0 Å². The Morgan fingerprint density at radius 3 is 2.24 bits per heavy atom. The van der Waals surface area contributed by atoms with E-state index in [9.17, 15) is 8.42 Å². The molecule has 0 heterocycles. The summed E-state index contributed by atoms with van der Waals surface area (Å²) >= 11 is 0. The molecule has 0 aromatic heterocycles. The molecule has 0 radical (unpaired) electrons. The first-order valence-electron chi connectivity index (χ1n) is 5.93. The zero-order valence-electron chi connectivity index (χ0n) is 11.5. The molecule has 104 valence electrons. The molecule has 2 N–H and O–H groups in total. The minimum Gasteiger partial charge on any atom is -0.383 e. The Hall–Kier alpha value is -0.170. The van der Waals surface area contributed by atoms with Crippen LogP contribution in [-0.2, 0) is 14.8 Å². The van der Waals surface area contributed by atoms with Crippen molar-refractivity contribution >= 4 is 10.0 Å². The predicted molar refractivity (Wildman–Crippen MR) is 70.3 cm³/mol. The van der Waals surface area contributed by atoms with E-state index in [0.29, 0.717) is 18.9 Å². The monoisotopic (exact) mass is 266 g/mol. The Bertz CT molecular complexity index is 304. The number of nitrogens with two attached hydrogens (primary N) is 1. The molecular weight excluding hydrogens is 240 g/mol. The standard InChI is InChI=1S/C11H26N2O3S/c1-9(2)11(12)6-7-13(4)17(14,15)10(3)8-16-5/h9-11H,6-8,12H2,1-5H3. The minimum absolute atomic E-state index is 0.0328. The van der Waals surface area contributed by atoms with Crippen LogP contribution in [0.15, 0.2) is 0 Å². The van der Waals surface area contributed by atoms with Crippen molar-refractivity contribution in [3.63, 3.8) is 0 Å². The van der Waals surface area contributed by atoms with E-state index in [2.05, 4.69) is 0 Å². The molecule has 2 atom stereocenters. The van der Waals surface area contributed by atoms with Crippen LogP contribution in [0, 0.1) is 5.92 Å². The van der Waals surface area contributed by atoms with Crippen molar-refractivity contribution in [1.29, 1.82) is 0 Å². The van der Waals surface area contributed by atoms with Crippen molar-refractivity contribution < 1.29 is 13.2 Å². The summed E-state index contributed by atoms with van der Waals surface area (Å²) in [7, 11) is -0.177. The molecule has 0 spiro atoms. The van der Waals surface area contributed by atoms with Gasteiger partial charge >= 0.3 is 0 Å². The van der Waals surface area contributed by atoms with E-state index in [1.165, 1.54) is 11.4 Å². The number of rotatable bonds is 8. The largest absolute Gasteiger partial charge is 0.383 e. The number of hydrogen-bond acceptors (Lipinski definition) is 4. The van der Waals surface area contributed by atoms with Crippen LogP contribution in [-0.4, -0.2) is 51.3 Å². The number of methoxy groups -OCH3 is 1. The topological polar surface area (TPSA) is 72.6 Å². The molecule has 0 rings (SSSR count). The van der Waals surface area contributed by atoms with Gasteiger partial charge in [-0.2, -0.15) is 0 Å². The van der Waals surface area contributed by atoms with E-state index in [-0.39, 0.29) is 12.6 Å². The fourth-order valence-electron chi connectivity index (χ4n) is 1.42. The molecule has 0 fully saturated rings. The van der Waals surface area contributed by atoms with Gasteiger partial charge in [0.05, 0.1) is 11.9 Å². The molecule has 0 saturated heterocycles. The summed E-state index contributed by atoms with van der Waals surface area (Å²) in [5.41, 5.74) is 5.90. The highest BCUT2D eigenvalue weighted by Crippen LogP contribution is 2.10. The lowest BCUT2D eigenvalue weighted by molar-refractivity contribution is 0.198. The fraction of sp³-hybridized carbons (Fsp3) is 1.00. The molecule has 17 heavy (non-hydrogen) atoms. The average Bonchev–Trinajstić information content (AvgIpc) is 2.25. The Labute approximate surface area is 105 Å². The number of sulfonamides is 1. The van der Waals surface area contributed by atoms with Crippen molar-refractivity contribution in [1.82, 2.24) is 4.31 Å². The maximum atomic E-state index is 12.0. The lowest BCUT2D eigenvalue weighted by atomic mass is 10.0. The molecule has 2 unspecified atom stereocenters. The van der Waals surface area contributed by atoms with Crippen molar-refractivity contribution in [2.24, 2.45) is 11.7 Å². The smallest absolute Gasteiger partial charge is 0.218 e. The molecule has 0 aromatic carbocycles. The molecule has 0 bridgehead atoms. The van der Waals surface area contributed by atoms with Crippen molar-refractivity contribution in [2.45, 2.75) is 38.5 Å². The van der Waals surface area contributed by atoms with Gasteiger partial charge in [-0.05, 0) is 19.3 Å². The van der Waals surface area contributed by atoms with Crippen molar-refractivity contribution in [3.8, 4) is 0 Å². The highest BCUT2D eigenvalue weighted by molar-refractivity contribution is 7.89. The van der Waals surface area contributed by atoms with E-state index in [0.717, 1.165) is 0 Å². The molecule has 0 aliphatic rings. The van der Waals surface area contributed by atoms with Gasteiger partial charge in [0.25, 0.3) is 0 Å². The Balaban J connectivity index is 4.35. The Kier molecular flexibility index (Phi) is 7.23. The zero-order valence-corrected chi connectivity index (χ0v) is 12.3. The molecule has 0 amide bonds. The summed E-state index contributed by atoms with van der Waals surface area (Å²) in [6, 6.07) is 0.0328. The Morgan fingerprint density at radius 1 is 1.29 bits per heavy atom. The number of hydrogen-bond donors (Lipinski definition) is 1. The third-order valence-electron chi connectivity index (χ3n) is 2.98. The summed E-state index contributed by atoms with van der Waals surface area (Å²) in [4.78, 5) is 0. The fourth-order valence-corrected chi connectivity index (χ4v) is 2.70. The zero-order chi connectivity index (χ0) is 13.6. The SMILES string of the molecule is COCC(C)S(=O)(=O)N(C)CCC(N)C(C)C. The maximum absolute atomic E-state index is 12.0. The maximum Gasteiger partial charge on any atom is 0.218 e. The van der Waals surface area contributed by atoms with Gasteiger partial charge in [-0.15, -0.1) is 0 Å². The van der Waals surface area contributed by atoms with Gasteiger partial charge in [0.2, 0.25) is 10.0 Å². The van der Waals surface area contributed by atoms with E-state index in [4.69, 9.17) is 10.5 Å². The van der Waals surface area contributed by atoms with Gasteiger partial charge in [-0.1, -0.05) is 13.8 Å². The van der Waals surface area contributed by atoms with Gasteiger partial charge in [0.15, 0.2) is 0 Å². The molecule has 0 saturated carbocycles. The Morgan fingerprint density at radius 2 is 1.82 bits per heavy atom. The summed E-state index contributed by atoms with van der Waals surface area (Å²) in [5, 5.41) is -0.521. The third-order valence-corrected chi connectivity index (χ3v) is 5.18. The van der Waals surface area contributed by atoms with Gasteiger partial charge in [-0.25, -0.2) is 12.7 Å². The average molecular weight is 266 g/mol. The normalized spacial score (nSPS) is 16.5. The first kappa shape index (κ1) is 16.8. The van der Waals surface area contributed by atoms with Crippen LogP contribution in [0.25, 0.3) is 0 Å². The summed E-state index contributed by atoms with van der Waals surface area (Å²) in [5.74, 6) is 0.363. The summed E-state index contributed by atoms with van der Waals surface area (Å²) < 4.78 is 30.3. The molecule has 5 nitrogen and oxygen atoms in total. The lowest BCUT2D eigenvalue weighted by Gasteiger charge is -2.24. The summed E-state index contributed by atoms with van der Waals surface area (Å²) in [6.45, 7) is 6.38. The second-order valence-corrected chi connectivity index (χ2v) is 7.29.